The second kappa shape index (κ2) is 5.69. The lowest BCUT2D eigenvalue weighted by atomic mass is 10.1. The molecule has 22 heavy (non-hydrogen) atoms. The quantitative estimate of drug-likeness (QED) is 0.777. The van der Waals surface area contributed by atoms with E-state index >= 15 is 0 Å². The van der Waals surface area contributed by atoms with Crippen molar-refractivity contribution in [2.24, 2.45) is 0 Å². The summed E-state index contributed by atoms with van der Waals surface area (Å²) in [6, 6.07) is 6.51. The minimum atomic E-state index is -0.305. The van der Waals surface area contributed by atoms with Crippen molar-refractivity contribution in [2.75, 3.05) is 5.32 Å². The number of benzene rings is 1. The molecule has 0 aliphatic heterocycles. The van der Waals surface area contributed by atoms with Gasteiger partial charge in [-0.15, -0.1) is 10.2 Å². The second-order valence-corrected chi connectivity index (χ2v) is 5.95. The van der Waals surface area contributed by atoms with E-state index in [1.165, 1.54) is 17.4 Å². The van der Waals surface area contributed by atoms with Gasteiger partial charge in [0.1, 0.15) is 5.01 Å². The normalized spacial score (nSPS) is 10.8. The molecule has 0 fully saturated rings. The van der Waals surface area contributed by atoms with Gasteiger partial charge in [-0.25, -0.2) is 0 Å². The van der Waals surface area contributed by atoms with Crippen LogP contribution >= 0.6 is 11.3 Å². The second-order valence-electron chi connectivity index (χ2n) is 4.89. The molecule has 0 radical (unpaired) electrons. The zero-order chi connectivity index (χ0) is 15.7. The number of aryl methyl sites for hydroxylation is 2. The lowest BCUT2D eigenvalue weighted by molar-refractivity contribution is 0.102. The number of carbonyl (C=O) groups excluding carboxylic acids is 1. The van der Waals surface area contributed by atoms with Crippen LogP contribution in [-0.2, 0) is 6.42 Å². The highest BCUT2D eigenvalue weighted by Crippen LogP contribution is 2.17. The zero-order valence-electron chi connectivity index (χ0n) is 12.1. The molecule has 0 atom stereocenters. The molecule has 0 unspecified atom stereocenters. The molecule has 2 aromatic heterocycles. The van der Waals surface area contributed by atoms with Crippen LogP contribution in [-0.4, -0.2) is 21.1 Å². The summed E-state index contributed by atoms with van der Waals surface area (Å²) in [7, 11) is 0. The van der Waals surface area contributed by atoms with Crippen molar-refractivity contribution >= 4 is 33.3 Å². The maximum atomic E-state index is 12.2. The summed E-state index contributed by atoms with van der Waals surface area (Å²) in [6.45, 7) is 3.80. The predicted octanol–water partition coefficient (Wildman–Crippen LogP) is 2.50. The first-order chi connectivity index (χ1) is 10.6. The van der Waals surface area contributed by atoms with Crippen LogP contribution in [0.5, 0.6) is 0 Å². The summed E-state index contributed by atoms with van der Waals surface area (Å²) in [6.07, 6.45) is 0.776. The fraction of sp³-hybridized carbons (Fsp3) is 0.200. The number of anilines is 1. The molecule has 1 aromatic carbocycles. The lowest BCUT2D eigenvalue weighted by Crippen LogP contribution is -2.13. The van der Waals surface area contributed by atoms with Gasteiger partial charge in [-0.2, -0.15) is 0 Å². The Morgan fingerprint density at radius 3 is 2.86 bits per heavy atom. The van der Waals surface area contributed by atoms with Crippen molar-refractivity contribution in [3.63, 3.8) is 0 Å². The average Bonchev–Trinajstić information content (AvgIpc) is 2.94. The van der Waals surface area contributed by atoms with Crippen LogP contribution in [0.1, 0.15) is 28.0 Å². The Kier molecular flexibility index (Phi) is 3.72. The summed E-state index contributed by atoms with van der Waals surface area (Å²) in [4.78, 5) is 27.4. The van der Waals surface area contributed by atoms with Gasteiger partial charge in [0, 0.05) is 28.2 Å². The van der Waals surface area contributed by atoms with Crippen molar-refractivity contribution in [2.45, 2.75) is 20.3 Å². The standard InChI is InChI=1S/C15H14N4O2S/c1-3-13-18-19-15(22-13)17-14(21)9-4-5-11-10(7-9)12(20)6-8(2)16-11/h4-7H,3H2,1-2H3,(H,16,20)(H,17,19,21). The fourth-order valence-electron chi connectivity index (χ4n) is 2.14. The van der Waals surface area contributed by atoms with Gasteiger partial charge >= 0.3 is 0 Å². The number of nitrogens with one attached hydrogen (secondary N) is 2. The Labute approximate surface area is 130 Å². The van der Waals surface area contributed by atoms with Crippen molar-refractivity contribution in [1.82, 2.24) is 15.2 Å². The Bertz CT molecular complexity index is 913. The highest BCUT2D eigenvalue weighted by Gasteiger charge is 2.11. The van der Waals surface area contributed by atoms with Crippen LogP contribution in [0.3, 0.4) is 0 Å². The molecule has 0 aliphatic carbocycles. The minimum absolute atomic E-state index is 0.106. The molecule has 6 nitrogen and oxygen atoms in total. The maximum Gasteiger partial charge on any atom is 0.257 e. The predicted molar refractivity (Wildman–Crippen MR) is 86.5 cm³/mol. The van der Waals surface area contributed by atoms with Crippen molar-refractivity contribution in [1.29, 1.82) is 0 Å². The molecule has 112 valence electrons. The van der Waals surface area contributed by atoms with E-state index in [0.29, 0.717) is 21.6 Å². The summed E-state index contributed by atoms with van der Waals surface area (Å²) in [5, 5.41) is 12.4. The smallest absolute Gasteiger partial charge is 0.257 e. The molecule has 3 rings (SSSR count). The van der Waals surface area contributed by atoms with Crippen LogP contribution < -0.4 is 10.7 Å². The van der Waals surface area contributed by atoms with Crippen LogP contribution in [0, 0.1) is 6.92 Å². The van der Waals surface area contributed by atoms with Crippen LogP contribution in [0.15, 0.2) is 29.1 Å². The van der Waals surface area contributed by atoms with E-state index in [1.807, 2.05) is 13.8 Å². The highest BCUT2D eigenvalue weighted by molar-refractivity contribution is 7.15. The van der Waals surface area contributed by atoms with E-state index in [2.05, 4.69) is 20.5 Å². The highest BCUT2D eigenvalue weighted by atomic mass is 32.1. The lowest BCUT2D eigenvalue weighted by Gasteiger charge is -2.04. The minimum Gasteiger partial charge on any atom is -0.358 e. The first-order valence-electron chi connectivity index (χ1n) is 6.84. The molecule has 0 aliphatic rings. The SMILES string of the molecule is CCc1nnc(NC(=O)c2ccc3[nH]c(C)cc(=O)c3c2)s1. The van der Waals surface area contributed by atoms with E-state index in [9.17, 15) is 9.59 Å². The molecule has 2 heterocycles. The number of rotatable bonds is 3. The number of carbonyl (C=O) groups is 1. The first kappa shape index (κ1) is 14.4. The zero-order valence-corrected chi connectivity index (χ0v) is 13.0. The Hall–Kier alpha value is -2.54. The summed E-state index contributed by atoms with van der Waals surface area (Å²) in [5.74, 6) is -0.305. The third-order valence-corrected chi connectivity index (χ3v) is 4.20. The number of hydrogen-bond donors (Lipinski definition) is 2. The summed E-state index contributed by atoms with van der Waals surface area (Å²) in [5.41, 5.74) is 1.81. The summed E-state index contributed by atoms with van der Waals surface area (Å²) < 4.78 is 0. The molecule has 2 N–H and O–H groups in total. The fourth-order valence-corrected chi connectivity index (χ4v) is 2.81. The Morgan fingerprint density at radius 1 is 1.32 bits per heavy atom. The number of aromatic amines is 1. The average molecular weight is 314 g/mol. The van der Waals surface area contributed by atoms with Crippen molar-refractivity contribution < 1.29 is 4.79 Å². The van der Waals surface area contributed by atoms with Gasteiger partial charge in [0.2, 0.25) is 5.13 Å². The molecular weight excluding hydrogens is 300 g/mol. The van der Waals surface area contributed by atoms with Crippen molar-refractivity contribution in [3.8, 4) is 0 Å². The van der Waals surface area contributed by atoms with Gasteiger partial charge in [-0.3, -0.25) is 14.9 Å². The molecule has 1 amide bonds. The largest absolute Gasteiger partial charge is 0.358 e. The first-order valence-corrected chi connectivity index (χ1v) is 7.66. The molecular formula is C15H14N4O2S. The van der Waals surface area contributed by atoms with Gasteiger partial charge in [0.25, 0.3) is 5.91 Å². The Balaban J connectivity index is 1.92. The number of fused-ring (bicyclic) bond motifs is 1. The van der Waals surface area contributed by atoms with E-state index in [4.69, 9.17) is 0 Å². The van der Waals surface area contributed by atoms with Crippen molar-refractivity contribution in [3.05, 3.63) is 50.8 Å². The topological polar surface area (TPSA) is 87.7 Å². The summed E-state index contributed by atoms with van der Waals surface area (Å²) >= 11 is 1.34. The van der Waals surface area contributed by atoms with Gasteiger partial charge in [0.15, 0.2) is 5.43 Å². The monoisotopic (exact) mass is 314 g/mol. The number of H-pyrrole nitrogens is 1. The van der Waals surface area contributed by atoms with Gasteiger partial charge in [-0.05, 0) is 31.5 Å². The number of aromatic nitrogens is 3. The number of hydrogen-bond acceptors (Lipinski definition) is 5. The van der Waals surface area contributed by atoms with Crippen LogP contribution in [0.4, 0.5) is 5.13 Å². The van der Waals surface area contributed by atoms with E-state index in [-0.39, 0.29) is 11.3 Å². The molecule has 0 bridgehead atoms. The van der Waals surface area contributed by atoms with E-state index < -0.39 is 0 Å². The van der Waals surface area contributed by atoms with E-state index in [1.54, 1.807) is 18.2 Å². The maximum absolute atomic E-state index is 12.2. The number of nitrogens with zero attached hydrogens (tertiary/aromatic N) is 2. The van der Waals surface area contributed by atoms with E-state index in [0.717, 1.165) is 17.1 Å². The molecule has 0 spiro atoms. The molecule has 0 saturated heterocycles. The molecule has 0 saturated carbocycles. The number of amides is 1. The molecule has 3 aromatic rings. The van der Waals surface area contributed by atoms with Crippen LogP contribution in [0.25, 0.3) is 10.9 Å². The third kappa shape index (κ3) is 2.75. The van der Waals surface area contributed by atoms with Gasteiger partial charge in [-0.1, -0.05) is 18.3 Å². The van der Waals surface area contributed by atoms with Gasteiger partial charge < -0.3 is 4.98 Å². The van der Waals surface area contributed by atoms with Crippen LogP contribution in [0.2, 0.25) is 0 Å². The number of pyridine rings is 1. The third-order valence-electron chi connectivity index (χ3n) is 3.22. The Morgan fingerprint density at radius 2 is 2.14 bits per heavy atom. The van der Waals surface area contributed by atoms with Gasteiger partial charge in [0.05, 0.1) is 0 Å². The molecule has 7 heteroatoms.